The highest BCUT2D eigenvalue weighted by Crippen LogP contribution is 2.23. The van der Waals surface area contributed by atoms with Crippen LogP contribution in [0.15, 0.2) is 23.1 Å². The normalized spacial score (nSPS) is 18.6. The number of carbonyl (C=O) groups is 1. The number of methoxy groups -OCH3 is 1. The molecule has 1 heterocycles. The lowest BCUT2D eigenvalue weighted by Crippen LogP contribution is -2.35. The Balaban J connectivity index is 2.33. The van der Waals surface area contributed by atoms with Crippen LogP contribution in [0.1, 0.15) is 12.0 Å². The van der Waals surface area contributed by atoms with Gasteiger partial charge >= 0.3 is 5.97 Å². The molecule has 116 valence electrons. The second kappa shape index (κ2) is 6.42. The van der Waals surface area contributed by atoms with Gasteiger partial charge in [-0.15, -0.1) is 0 Å². The van der Waals surface area contributed by atoms with E-state index in [4.69, 9.17) is 14.6 Å². The molecule has 1 fully saturated rings. The first kappa shape index (κ1) is 15.7. The fraction of sp³-hybridized carbons (Fsp3) is 0.462. The van der Waals surface area contributed by atoms with E-state index in [1.54, 1.807) is 0 Å². The van der Waals surface area contributed by atoms with Crippen LogP contribution in [0.5, 0.6) is 5.75 Å². The van der Waals surface area contributed by atoms with Crippen LogP contribution in [0.25, 0.3) is 0 Å². The average Bonchev–Trinajstić information content (AvgIpc) is 2.89. The lowest BCUT2D eigenvalue weighted by atomic mass is 10.1. The minimum Gasteiger partial charge on any atom is -0.497 e. The van der Waals surface area contributed by atoms with Crippen molar-refractivity contribution in [1.82, 2.24) is 4.72 Å². The molecule has 0 aromatic heterocycles. The van der Waals surface area contributed by atoms with Gasteiger partial charge in [0.2, 0.25) is 10.0 Å². The van der Waals surface area contributed by atoms with Gasteiger partial charge in [0.1, 0.15) is 5.75 Å². The molecule has 0 spiro atoms. The maximum absolute atomic E-state index is 12.4. The minimum absolute atomic E-state index is 0.0439. The first-order chi connectivity index (χ1) is 9.92. The van der Waals surface area contributed by atoms with Crippen molar-refractivity contribution < 1.29 is 27.8 Å². The predicted octanol–water partition coefficient (Wildman–Crippen LogP) is 0.389. The van der Waals surface area contributed by atoms with Crippen molar-refractivity contribution in [1.29, 1.82) is 0 Å². The summed E-state index contributed by atoms with van der Waals surface area (Å²) in [5.41, 5.74) is 0.188. The number of sulfonamides is 1. The van der Waals surface area contributed by atoms with Gasteiger partial charge in [-0.2, -0.15) is 0 Å². The van der Waals surface area contributed by atoms with Crippen LogP contribution >= 0.6 is 0 Å². The summed E-state index contributed by atoms with van der Waals surface area (Å²) in [6.45, 7) is 0.835. The quantitative estimate of drug-likeness (QED) is 0.787. The Morgan fingerprint density at radius 3 is 2.86 bits per heavy atom. The highest BCUT2D eigenvalue weighted by atomic mass is 32.2. The Kier molecular flexibility index (Phi) is 4.81. The zero-order valence-corrected chi connectivity index (χ0v) is 12.4. The number of rotatable bonds is 6. The second-order valence-corrected chi connectivity index (χ2v) is 6.41. The van der Waals surface area contributed by atoms with Gasteiger partial charge in [0.15, 0.2) is 0 Å². The maximum atomic E-state index is 12.4. The number of hydrogen-bond acceptors (Lipinski definition) is 5. The fourth-order valence-corrected chi connectivity index (χ4v) is 3.63. The zero-order valence-electron chi connectivity index (χ0n) is 11.5. The maximum Gasteiger partial charge on any atom is 0.307 e. The number of carboxylic acids is 1. The Bertz CT molecular complexity index is 622. The van der Waals surface area contributed by atoms with Gasteiger partial charge < -0.3 is 14.6 Å². The van der Waals surface area contributed by atoms with Crippen LogP contribution in [0.3, 0.4) is 0 Å². The molecule has 8 heteroatoms. The summed E-state index contributed by atoms with van der Waals surface area (Å²) in [7, 11) is -2.36. The van der Waals surface area contributed by atoms with E-state index in [-0.39, 0.29) is 16.5 Å². The molecule has 0 radical (unpaired) electrons. The summed E-state index contributed by atoms with van der Waals surface area (Å²) in [5, 5.41) is 8.93. The molecule has 0 aliphatic carbocycles. The lowest BCUT2D eigenvalue weighted by molar-refractivity contribution is -0.136. The van der Waals surface area contributed by atoms with Gasteiger partial charge in [-0.25, -0.2) is 13.1 Å². The van der Waals surface area contributed by atoms with Gasteiger partial charge in [0.05, 0.1) is 25.0 Å². The first-order valence-electron chi connectivity index (χ1n) is 6.41. The van der Waals surface area contributed by atoms with E-state index in [0.717, 1.165) is 0 Å². The van der Waals surface area contributed by atoms with E-state index in [1.165, 1.54) is 25.3 Å². The van der Waals surface area contributed by atoms with Crippen LogP contribution < -0.4 is 9.46 Å². The molecule has 1 aliphatic rings. The molecule has 1 aromatic carbocycles. The molecule has 2 N–H and O–H groups in total. The third-order valence-corrected chi connectivity index (χ3v) is 4.77. The molecule has 0 amide bonds. The van der Waals surface area contributed by atoms with Crippen LogP contribution in [-0.2, 0) is 26.0 Å². The standard InChI is InChI=1S/C13H17NO6S/c1-19-11-2-3-12(9(6-11)7-13(15)16)21(17,18)14-10-4-5-20-8-10/h2-3,6,10,14H,4-5,7-8H2,1H3,(H,15,16). The third-order valence-electron chi connectivity index (χ3n) is 3.15. The average molecular weight is 315 g/mol. The van der Waals surface area contributed by atoms with Crippen LogP contribution in [0, 0.1) is 0 Å². The topological polar surface area (TPSA) is 102 Å². The van der Waals surface area contributed by atoms with Crippen molar-refractivity contribution in [2.75, 3.05) is 20.3 Å². The summed E-state index contributed by atoms with van der Waals surface area (Å²) in [6.07, 6.45) is 0.207. The molecule has 1 aromatic rings. The van der Waals surface area contributed by atoms with Crippen LogP contribution in [0.4, 0.5) is 0 Å². The van der Waals surface area contributed by atoms with Gasteiger partial charge in [-0.05, 0) is 30.2 Å². The summed E-state index contributed by atoms with van der Waals surface area (Å²) < 4.78 is 37.5. The zero-order chi connectivity index (χ0) is 15.5. The Labute approximate surface area is 122 Å². The van der Waals surface area contributed by atoms with Crippen molar-refractivity contribution in [3.05, 3.63) is 23.8 Å². The number of hydrogen-bond donors (Lipinski definition) is 2. The van der Waals surface area contributed by atoms with Crippen molar-refractivity contribution >= 4 is 16.0 Å². The van der Waals surface area contributed by atoms with Gasteiger partial charge in [-0.3, -0.25) is 4.79 Å². The van der Waals surface area contributed by atoms with E-state index in [9.17, 15) is 13.2 Å². The molecule has 1 unspecified atom stereocenters. The van der Waals surface area contributed by atoms with Crippen LogP contribution in [-0.4, -0.2) is 45.9 Å². The summed E-state index contributed by atoms with van der Waals surface area (Å²) in [6, 6.07) is 3.99. The Morgan fingerprint density at radius 1 is 1.52 bits per heavy atom. The Morgan fingerprint density at radius 2 is 2.29 bits per heavy atom. The van der Waals surface area contributed by atoms with Crippen molar-refractivity contribution in [3.63, 3.8) is 0 Å². The van der Waals surface area contributed by atoms with Crippen molar-refractivity contribution in [2.24, 2.45) is 0 Å². The van der Waals surface area contributed by atoms with Crippen molar-refractivity contribution in [3.8, 4) is 5.75 Å². The Hall–Kier alpha value is -1.64. The van der Waals surface area contributed by atoms with E-state index in [1.807, 2.05) is 0 Å². The third kappa shape index (κ3) is 3.93. The summed E-state index contributed by atoms with van der Waals surface area (Å²) in [5.74, 6) is -0.696. The molecular weight excluding hydrogens is 298 g/mol. The molecule has 0 saturated carbocycles. The number of carboxylic acid groups (broad SMARTS) is 1. The van der Waals surface area contributed by atoms with Gasteiger partial charge in [-0.1, -0.05) is 0 Å². The molecule has 21 heavy (non-hydrogen) atoms. The lowest BCUT2D eigenvalue weighted by Gasteiger charge is -2.14. The van der Waals surface area contributed by atoms with E-state index >= 15 is 0 Å². The van der Waals surface area contributed by atoms with Gasteiger partial charge in [0.25, 0.3) is 0 Å². The number of benzene rings is 1. The van der Waals surface area contributed by atoms with E-state index < -0.39 is 22.4 Å². The molecular formula is C13H17NO6S. The summed E-state index contributed by atoms with van der Waals surface area (Å²) in [4.78, 5) is 10.9. The predicted molar refractivity (Wildman–Crippen MR) is 73.9 cm³/mol. The highest BCUT2D eigenvalue weighted by Gasteiger charge is 2.26. The number of ether oxygens (including phenoxy) is 2. The molecule has 1 atom stereocenters. The fourth-order valence-electron chi connectivity index (χ4n) is 2.16. The summed E-state index contributed by atoms with van der Waals surface area (Å²) >= 11 is 0. The smallest absolute Gasteiger partial charge is 0.307 e. The van der Waals surface area contributed by atoms with Crippen molar-refractivity contribution in [2.45, 2.75) is 23.8 Å². The number of nitrogens with one attached hydrogen (secondary N) is 1. The highest BCUT2D eigenvalue weighted by molar-refractivity contribution is 7.89. The minimum atomic E-state index is -3.79. The SMILES string of the molecule is COc1ccc(S(=O)(=O)NC2CCOC2)c(CC(=O)O)c1. The van der Waals surface area contributed by atoms with Gasteiger partial charge in [0, 0.05) is 12.6 Å². The molecule has 2 rings (SSSR count). The van der Waals surface area contributed by atoms with E-state index in [2.05, 4.69) is 4.72 Å². The molecule has 1 saturated heterocycles. The number of aliphatic carboxylic acids is 1. The van der Waals surface area contributed by atoms with Crippen LogP contribution in [0.2, 0.25) is 0 Å². The van der Waals surface area contributed by atoms with E-state index in [0.29, 0.717) is 25.4 Å². The molecule has 1 aliphatic heterocycles. The molecule has 7 nitrogen and oxygen atoms in total. The monoisotopic (exact) mass is 315 g/mol. The first-order valence-corrected chi connectivity index (χ1v) is 7.89. The second-order valence-electron chi connectivity index (χ2n) is 4.73. The largest absolute Gasteiger partial charge is 0.497 e. The molecule has 0 bridgehead atoms.